The first kappa shape index (κ1) is 30.7. The number of alkyl halides is 1. The summed E-state index contributed by atoms with van der Waals surface area (Å²) < 4.78 is 13.1. The van der Waals surface area contributed by atoms with Gasteiger partial charge in [0.25, 0.3) is 0 Å². The van der Waals surface area contributed by atoms with Crippen molar-refractivity contribution in [2.45, 2.75) is 92.4 Å². The summed E-state index contributed by atoms with van der Waals surface area (Å²) in [7, 11) is 0. The van der Waals surface area contributed by atoms with Crippen molar-refractivity contribution in [1.29, 1.82) is 0 Å². The van der Waals surface area contributed by atoms with Gasteiger partial charge in [-0.25, -0.2) is 4.39 Å². The zero-order valence-corrected chi connectivity index (χ0v) is 25.1. The van der Waals surface area contributed by atoms with E-state index in [1.807, 2.05) is 6.08 Å². The highest BCUT2D eigenvalue weighted by Gasteiger charge is 2.36. The topological polar surface area (TPSA) is 15.3 Å². The standard InChI is InChI=1S/C35H55FN2.H2/c1-7-28(14-12-10-11-13-27(4)5)25-37-32(9-3)23-31-24-35(6,19-17-29(31)8-2)34-16-15-30-18-21-38(22-20-36)26-33(30)34;/h8,15-17,23-24,27-28,30,37H,2,7,9-14,18-22,25-26H2,1,3-6H3;1H/b32-23+;/t28?,30?,35-;/m1./s1. The van der Waals surface area contributed by atoms with Gasteiger partial charge in [0.15, 0.2) is 0 Å². The van der Waals surface area contributed by atoms with Gasteiger partial charge in [0.1, 0.15) is 6.67 Å². The van der Waals surface area contributed by atoms with Gasteiger partial charge in [-0.1, -0.05) is 104 Å². The van der Waals surface area contributed by atoms with Gasteiger partial charge in [-0.05, 0) is 72.4 Å². The minimum atomic E-state index is -0.262. The van der Waals surface area contributed by atoms with Crippen molar-refractivity contribution in [3.05, 3.63) is 71.0 Å². The monoisotopic (exact) mass is 524 g/mol. The van der Waals surface area contributed by atoms with Crippen molar-refractivity contribution < 1.29 is 5.82 Å². The fourth-order valence-electron chi connectivity index (χ4n) is 6.41. The Balaban J connectivity index is 0.00000533. The number of nitrogens with zero attached hydrogens (tertiary/aromatic N) is 1. The predicted molar refractivity (Wildman–Crippen MR) is 166 cm³/mol. The summed E-state index contributed by atoms with van der Waals surface area (Å²) in [6, 6.07) is 0. The van der Waals surface area contributed by atoms with Gasteiger partial charge in [-0.15, -0.1) is 0 Å². The molecule has 2 aliphatic carbocycles. The summed E-state index contributed by atoms with van der Waals surface area (Å²) in [5.41, 5.74) is 6.75. The highest BCUT2D eigenvalue weighted by molar-refractivity contribution is 5.55. The average molecular weight is 525 g/mol. The molecule has 1 aliphatic heterocycles. The Bertz CT molecular complexity index is 940. The largest absolute Gasteiger partial charge is 0.388 e. The third-order valence-electron chi connectivity index (χ3n) is 9.03. The lowest BCUT2D eigenvalue weighted by molar-refractivity contribution is 0.226. The zero-order valence-electron chi connectivity index (χ0n) is 25.1. The predicted octanol–water partition coefficient (Wildman–Crippen LogP) is 9.36. The van der Waals surface area contributed by atoms with E-state index in [4.69, 9.17) is 0 Å². The second-order valence-corrected chi connectivity index (χ2v) is 12.5. The maximum absolute atomic E-state index is 13.1. The normalized spacial score (nSPS) is 24.9. The molecule has 0 amide bonds. The van der Waals surface area contributed by atoms with Crippen molar-refractivity contribution in [2.24, 2.45) is 23.2 Å². The molecule has 1 N–H and O–H groups in total. The summed E-state index contributed by atoms with van der Waals surface area (Å²) in [5.74, 6) is 2.08. The molecule has 3 heteroatoms. The number of likely N-dealkylation sites (tertiary alicyclic amines) is 1. The Morgan fingerprint density at radius 1 is 1.24 bits per heavy atom. The van der Waals surface area contributed by atoms with E-state index in [1.165, 1.54) is 66.5 Å². The molecule has 0 aromatic heterocycles. The van der Waals surface area contributed by atoms with Crippen LogP contribution in [-0.2, 0) is 0 Å². The third-order valence-corrected chi connectivity index (χ3v) is 9.03. The van der Waals surface area contributed by atoms with E-state index < -0.39 is 0 Å². The Morgan fingerprint density at radius 2 is 2.03 bits per heavy atom. The molecule has 214 valence electrons. The minimum Gasteiger partial charge on any atom is -0.388 e. The van der Waals surface area contributed by atoms with Crippen LogP contribution < -0.4 is 5.32 Å². The lowest BCUT2D eigenvalue weighted by atomic mass is 9.71. The molecular formula is C35H57FN2. The molecule has 0 radical (unpaired) electrons. The second-order valence-electron chi connectivity index (χ2n) is 12.5. The summed E-state index contributed by atoms with van der Waals surface area (Å²) in [5, 5.41) is 3.82. The smallest absolute Gasteiger partial charge is 0.102 e. The van der Waals surface area contributed by atoms with E-state index in [2.05, 4.69) is 81.8 Å². The molecule has 0 spiro atoms. The van der Waals surface area contributed by atoms with Gasteiger partial charge >= 0.3 is 0 Å². The van der Waals surface area contributed by atoms with Gasteiger partial charge in [0.05, 0.1) is 0 Å². The Hall–Kier alpha value is -1.87. The van der Waals surface area contributed by atoms with Gasteiger partial charge in [0.2, 0.25) is 0 Å². The molecule has 0 saturated carbocycles. The van der Waals surface area contributed by atoms with Crippen LogP contribution in [0.1, 0.15) is 93.8 Å². The number of rotatable bonds is 16. The number of unbranched alkanes of at least 4 members (excludes halogenated alkanes) is 2. The fourth-order valence-corrected chi connectivity index (χ4v) is 6.41. The molecular weight excluding hydrogens is 467 g/mol. The number of piperidine rings is 1. The quantitative estimate of drug-likeness (QED) is 0.202. The first-order chi connectivity index (χ1) is 18.3. The molecule has 0 aromatic carbocycles. The summed E-state index contributed by atoms with van der Waals surface area (Å²) >= 11 is 0. The molecule has 3 atom stereocenters. The molecule has 3 aliphatic rings. The molecule has 1 fully saturated rings. The van der Waals surface area contributed by atoms with Crippen LogP contribution in [0.5, 0.6) is 0 Å². The van der Waals surface area contributed by atoms with Gasteiger partial charge in [0, 0.05) is 38.1 Å². The van der Waals surface area contributed by atoms with E-state index in [-0.39, 0.29) is 13.5 Å². The number of halogens is 1. The van der Waals surface area contributed by atoms with Crippen LogP contribution in [-0.4, -0.2) is 37.8 Å². The zero-order chi connectivity index (χ0) is 27.5. The number of fused-ring (bicyclic) bond motifs is 1. The van der Waals surface area contributed by atoms with Crippen LogP contribution in [0.4, 0.5) is 4.39 Å². The number of nitrogens with one attached hydrogen (secondary N) is 1. The van der Waals surface area contributed by atoms with Crippen LogP contribution >= 0.6 is 0 Å². The lowest BCUT2D eigenvalue weighted by Gasteiger charge is -2.36. The van der Waals surface area contributed by atoms with Crippen LogP contribution in [0.25, 0.3) is 0 Å². The van der Waals surface area contributed by atoms with E-state index in [1.54, 1.807) is 0 Å². The molecule has 0 aromatic rings. The average Bonchev–Trinajstić information content (AvgIpc) is 3.34. The molecule has 1 heterocycles. The molecule has 3 rings (SSSR count). The van der Waals surface area contributed by atoms with Crippen LogP contribution in [0.3, 0.4) is 0 Å². The van der Waals surface area contributed by atoms with Crippen molar-refractivity contribution in [1.82, 2.24) is 10.2 Å². The number of hydrogen-bond donors (Lipinski definition) is 1. The summed E-state index contributed by atoms with van der Waals surface area (Å²) in [6.07, 6.45) is 25.1. The molecule has 2 unspecified atom stereocenters. The first-order valence-electron chi connectivity index (χ1n) is 15.5. The summed E-state index contributed by atoms with van der Waals surface area (Å²) in [6.45, 7) is 19.0. The number of hydrogen-bond acceptors (Lipinski definition) is 2. The maximum atomic E-state index is 13.1. The maximum Gasteiger partial charge on any atom is 0.102 e. The minimum absolute atomic E-state index is 0. The van der Waals surface area contributed by atoms with Crippen LogP contribution in [0.15, 0.2) is 71.0 Å². The highest BCUT2D eigenvalue weighted by atomic mass is 19.1. The third kappa shape index (κ3) is 8.31. The number of allylic oxidation sites excluding steroid dienone is 10. The fraction of sp³-hybridized carbons (Fsp3) is 0.657. The highest BCUT2D eigenvalue weighted by Crippen LogP contribution is 2.47. The van der Waals surface area contributed by atoms with E-state index in [9.17, 15) is 4.39 Å². The summed E-state index contributed by atoms with van der Waals surface area (Å²) in [4.78, 5) is 2.29. The molecule has 38 heavy (non-hydrogen) atoms. The van der Waals surface area contributed by atoms with E-state index >= 15 is 0 Å². The molecule has 0 bridgehead atoms. The van der Waals surface area contributed by atoms with Gasteiger partial charge in [-0.3, -0.25) is 4.90 Å². The van der Waals surface area contributed by atoms with E-state index in [0.717, 1.165) is 50.7 Å². The van der Waals surface area contributed by atoms with Crippen molar-refractivity contribution in [3.8, 4) is 0 Å². The Labute approximate surface area is 235 Å². The van der Waals surface area contributed by atoms with Crippen molar-refractivity contribution >= 4 is 0 Å². The van der Waals surface area contributed by atoms with E-state index in [0.29, 0.717) is 12.5 Å². The Kier molecular flexibility index (Phi) is 12.2. The molecule has 1 saturated heterocycles. The van der Waals surface area contributed by atoms with Crippen LogP contribution in [0.2, 0.25) is 0 Å². The Morgan fingerprint density at radius 3 is 2.71 bits per heavy atom. The SMILES string of the molecule is C=CC1=CC[C@@](C)(C2=C3CN(CCF)CCC3C=C2)C=C1/C=C(\CC)NCC(CC)CCCCCC(C)C.[HH]. The molecule has 2 nitrogen and oxygen atoms in total. The first-order valence-corrected chi connectivity index (χ1v) is 15.5. The van der Waals surface area contributed by atoms with Gasteiger partial charge < -0.3 is 5.32 Å². The van der Waals surface area contributed by atoms with Crippen molar-refractivity contribution in [3.63, 3.8) is 0 Å². The van der Waals surface area contributed by atoms with Crippen LogP contribution in [0, 0.1) is 23.2 Å². The van der Waals surface area contributed by atoms with Crippen molar-refractivity contribution in [2.75, 3.05) is 32.9 Å². The van der Waals surface area contributed by atoms with Gasteiger partial charge in [-0.2, -0.15) is 0 Å². The second kappa shape index (κ2) is 15.1. The lowest BCUT2D eigenvalue weighted by Crippen LogP contribution is -2.37.